The molecule has 1 aromatic heterocycles. The molecule has 3 aliphatic rings. The first kappa shape index (κ1) is 28.1. The van der Waals surface area contributed by atoms with Gasteiger partial charge < -0.3 is 40.4 Å². The van der Waals surface area contributed by atoms with Crippen molar-refractivity contribution in [3.63, 3.8) is 0 Å². The number of nitrogens with two attached hydrogens (primary N) is 1. The third kappa shape index (κ3) is 4.74. The molecule has 10 heteroatoms. The van der Waals surface area contributed by atoms with E-state index in [4.69, 9.17) is 25.0 Å². The number of benzene rings is 2. The molecule has 1 unspecified atom stereocenters. The summed E-state index contributed by atoms with van der Waals surface area (Å²) < 4.78 is 11.2. The average molecular weight is 607 g/mol. The summed E-state index contributed by atoms with van der Waals surface area (Å²) in [5.41, 5.74) is 13.2. The maximum absolute atomic E-state index is 11.1. The van der Waals surface area contributed by atoms with Gasteiger partial charge in [-0.05, 0) is 23.8 Å². The Morgan fingerprint density at radius 1 is 1.31 bits per heavy atom. The van der Waals surface area contributed by atoms with Crippen molar-refractivity contribution in [2.75, 3.05) is 17.8 Å². The van der Waals surface area contributed by atoms with Crippen LogP contribution in [0.5, 0.6) is 11.5 Å². The van der Waals surface area contributed by atoms with Crippen LogP contribution in [0.4, 0.5) is 11.4 Å². The molecule has 3 aromatic rings. The zero-order chi connectivity index (χ0) is 27.1. The van der Waals surface area contributed by atoms with Crippen LogP contribution in [0.2, 0.25) is 0 Å². The third-order valence-electron chi connectivity index (χ3n) is 6.89. The van der Waals surface area contributed by atoms with Crippen molar-refractivity contribution in [1.29, 1.82) is 0 Å². The second-order valence-electron chi connectivity index (χ2n) is 9.18. The Hall–Kier alpha value is -3.91. The molecule has 0 saturated heterocycles. The monoisotopic (exact) mass is 609 g/mol. The Morgan fingerprint density at radius 3 is 2.69 bits per heavy atom. The van der Waals surface area contributed by atoms with E-state index in [9.17, 15) is 10.2 Å². The number of carbonyl (C=O) groups excluding carboxylic acids is 1. The average Bonchev–Trinajstić information content (AvgIpc) is 3.53. The molecule has 3 aliphatic heterocycles. The number of aliphatic hydroxyl groups is 2. The number of rotatable bonds is 5. The number of fused-ring (bicyclic) bond motifs is 5. The zero-order valence-electron chi connectivity index (χ0n) is 21.2. The van der Waals surface area contributed by atoms with Gasteiger partial charge in [-0.3, -0.25) is 19.3 Å². The second kappa shape index (κ2) is 11.1. The summed E-state index contributed by atoms with van der Waals surface area (Å²) in [7, 11) is 0. The molecular weight excluding hydrogens is 580 g/mol. The van der Waals surface area contributed by atoms with E-state index in [1.165, 1.54) is 0 Å². The molecule has 1 radical (unpaired) electrons. The van der Waals surface area contributed by atoms with Crippen molar-refractivity contribution >= 4 is 34.8 Å². The van der Waals surface area contributed by atoms with Crippen LogP contribution in [0.3, 0.4) is 0 Å². The summed E-state index contributed by atoms with van der Waals surface area (Å²) in [5, 5.41) is 26.2. The van der Waals surface area contributed by atoms with Crippen molar-refractivity contribution in [3.8, 4) is 11.5 Å². The molecule has 39 heavy (non-hydrogen) atoms. The van der Waals surface area contributed by atoms with E-state index >= 15 is 0 Å². The van der Waals surface area contributed by atoms with Gasteiger partial charge in [-0.25, -0.2) is 10.6 Å². The zero-order valence-corrected chi connectivity index (χ0v) is 23.2. The first-order valence-corrected chi connectivity index (χ1v) is 11.9. The van der Waals surface area contributed by atoms with Gasteiger partial charge in [-0.2, -0.15) is 12.7 Å². The van der Waals surface area contributed by atoms with Gasteiger partial charge >= 0.3 is 21.1 Å². The number of nitrogen functional groups attached to an aromatic ring is 1. The van der Waals surface area contributed by atoms with Gasteiger partial charge in [0.05, 0.1) is 28.8 Å². The maximum Gasteiger partial charge on any atom is 3.00 e. The Morgan fingerprint density at radius 2 is 2.00 bits per heavy atom. The first-order valence-electron chi connectivity index (χ1n) is 11.9. The van der Waals surface area contributed by atoms with Gasteiger partial charge in [0.25, 0.3) is 0 Å². The number of nitrogens with zero attached hydrogens (tertiary/aromatic N) is 2. The van der Waals surface area contributed by atoms with Gasteiger partial charge in [0.2, 0.25) is 6.79 Å². The number of para-hydroxylation sites is 2. The van der Waals surface area contributed by atoms with E-state index < -0.39 is 6.23 Å². The van der Waals surface area contributed by atoms with E-state index in [-0.39, 0.29) is 34.0 Å². The van der Waals surface area contributed by atoms with Crippen molar-refractivity contribution in [2.24, 2.45) is 0 Å². The van der Waals surface area contributed by atoms with Crippen LogP contribution < -0.4 is 20.5 Å². The molecule has 0 amide bonds. The number of nitrogens with one attached hydrogen (secondary N) is 1. The Balaban J connectivity index is 0.00000115. The van der Waals surface area contributed by atoms with Gasteiger partial charge in [0.15, 0.2) is 11.5 Å². The minimum absolute atomic E-state index is 0. The van der Waals surface area contributed by atoms with Crippen LogP contribution >= 0.6 is 0 Å². The number of anilines is 2. The topological polar surface area (TPSA) is 130 Å². The Bertz CT molecular complexity index is 1520. The maximum atomic E-state index is 11.1. The summed E-state index contributed by atoms with van der Waals surface area (Å²) in [5.74, 6) is 1.31. The molecule has 199 valence electrons. The van der Waals surface area contributed by atoms with Crippen molar-refractivity contribution in [1.82, 2.24) is 9.88 Å². The molecule has 0 bridgehead atoms. The van der Waals surface area contributed by atoms with Gasteiger partial charge in [-0.1, -0.05) is 25.2 Å². The van der Waals surface area contributed by atoms with Crippen LogP contribution in [0, 0.1) is 13.0 Å². The number of aromatic nitrogens is 1. The Kier molecular flexibility index (Phi) is 7.97. The van der Waals surface area contributed by atoms with E-state index in [2.05, 4.69) is 25.6 Å². The molecule has 5 N–H and O–H groups in total. The molecule has 6 rings (SSSR count). The number of pyridine rings is 1. The summed E-state index contributed by atoms with van der Waals surface area (Å²) in [6.07, 6.45) is 0.814. The van der Waals surface area contributed by atoms with E-state index in [1.54, 1.807) is 6.92 Å². The quantitative estimate of drug-likeness (QED) is 0.147. The largest absolute Gasteiger partial charge is 3.00 e. The van der Waals surface area contributed by atoms with E-state index in [1.807, 2.05) is 47.4 Å². The predicted molar refractivity (Wildman–Crippen MR) is 145 cm³/mol. The smallest absolute Gasteiger partial charge is 0.545 e. The molecule has 2 aromatic carbocycles. The van der Waals surface area contributed by atoms with Gasteiger partial charge in [0.1, 0.15) is 0 Å². The fourth-order valence-electron chi connectivity index (χ4n) is 4.95. The minimum atomic E-state index is -1.01. The molecule has 4 heterocycles. The van der Waals surface area contributed by atoms with Crippen LogP contribution in [-0.4, -0.2) is 39.9 Å². The van der Waals surface area contributed by atoms with E-state index in [0.717, 1.165) is 33.4 Å². The molecule has 9 nitrogen and oxygen atoms in total. The van der Waals surface area contributed by atoms with Crippen molar-refractivity contribution in [3.05, 3.63) is 95.6 Å². The minimum Gasteiger partial charge on any atom is -0.545 e. The summed E-state index contributed by atoms with van der Waals surface area (Å²) >= 11 is 0. The third-order valence-corrected chi connectivity index (χ3v) is 6.89. The normalized spacial score (nSPS) is 16.4. The SMILES string of the molecule is C=C(C)[C-](O)C1=C([CH2-])C(O)N2Cc3c(nc4cc5c(cc4c3CNc3ccccc3N)OCO5)C2=C1.[CH-]=O.[Mo+3]. The van der Waals surface area contributed by atoms with Crippen LogP contribution in [0.25, 0.3) is 16.6 Å². The summed E-state index contributed by atoms with van der Waals surface area (Å²) in [6.45, 7) is 13.9. The summed E-state index contributed by atoms with van der Waals surface area (Å²) in [4.78, 5) is 14.6. The molecule has 0 fully saturated rings. The molecule has 0 saturated carbocycles. The standard InChI is InChI=1S/C28H26N4O4.CHO.Mo/c1-14(2)27(33)16-8-23-26-19(12-32(23)28(34)15(16)3)18(11-30-21-7-5-4-6-20(21)29)17-9-24-25(36-13-35-24)10-22(17)31-26;1-2;/h4-10,28,30,33-34H,1,3,11-13,29H2,2H3;1H;/q-2;-1;+3. The fourth-order valence-corrected chi connectivity index (χ4v) is 4.95. The van der Waals surface area contributed by atoms with E-state index in [0.29, 0.717) is 52.7 Å². The predicted octanol–water partition coefficient (Wildman–Crippen LogP) is 3.98. The molecule has 0 spiro atoms. The van der Waals surface area contributed by atoms with Crippen LogP contribution in [0.15, 0.2) is 65.8 Å². The first-order chi connectivity index (χ1) is 18.3. The number of aliphatic hydroxyl groups excluding tert-OH is 2. The summed E-state index contributed by atoms with van der Waals surface area (Å²) in [6, 6.07) is 11.4. The fraction of sp³-hybridized carbons (Fsp3) is 0.172. The van der Waals surface area contributed by atoms with Crippen LogP contribution in [-0.2, 0) is 38.9 Å². The number of hydrogen-bond acceptors (Lipinski definition) is 9. The molecule has 1 atom stereocenters. The van der Waals surface area contributed by atoms with Crippen molar-refractivity contribution in [2.45, 2.75) is 26.2 Å². The van der Waals surface area contributed by atoms with Gasteiger partial charge in [-0.15, -0.1) is 5.57 Å². The number of hydrogen-bond donors (Lipinski definition) is 4. The van der Waals surface area contributed by atoms with Crippen molar-refractivity contribution < 1.29 is 45.5 Å². The molecule has 0 aliphatic carbocycles. The van der Waals surface area contributed by atoms with Gasteiger partial charge in [0, 0.05) is 35.8 Å². The second-order valence-corrected chi connectivity index (χ2v) is 9.18. The molecular formula is C29H27MoN4O5. The number of ether oxygens (including phenoxy) is 2. The Labute approximate surface area is 240 Å². The van der Waals surface area contributed by atoms with Crippen LogP contribution in [0.1, 0.15) is 23.7 Å².